The van der Waals surface area contributed by atoms with Crippen molar-refractivity contribution in [1.29, 1.82) is 0 Å². The first-order valence-electron chi connectivity index (χ1n) is 4.44. The Morgan fingerprint density at radius 2 is 2.00 bits per heavy atom. The minimum absolute atomic E-state index is 0.564. The van der Waals surface area contributed by atoms with Gasteiger partial charge in [-0.05, 0) is 18.8 Å². The van der Waals surface area contributed by atoms with Gasteiger partial charge in [-0.3, -0.25) is 0 Å². The van der Waals surface area contributed by atoms with Crippen molar-refractivity contribution in [3.8, 4) is 0 Å². The predicted molar refractivity (Wildman–Crippen MR) is 51.8 cm³/mol. The van der Waals surface area contributed by atoms with Crippen LogP contribution in [0.2, 0.25) is 0 Å². The number of ether oxygens (including phenoxy) is 2. The van der Waals surface area contributed by atoms with Crippen LogP contribution in [0.5, 0.6) is 0 Å². The summed E-state index contributed by atoms with van der Waals surface area (Å²) in [5.41, 5.74) is 0. The molecule has 0 radical (unpaired) electrons. The number of alkyl halides is 1. The van der Waals surface area contributed by atoms with Crippen LogP contribution in [-0.2, 0) is 9.47 Å². The molecule has 0 aliphatic rings. The van der Waals surface area contributed by atoms with E-state index in [1.165, 1.54) is 0 Å². The zero-order valence-electron chi connectivity index (χ0n) is 8.01. The number of hydrogen-bond donors (Lipinski definition) is 0. The fraction of sp³-hybridized carbons (Fsp3) is 1.00. The molecule has 0 saturated carbocycles. The maximum absolute atomic E-state index is 5.64. The molecule has 0 aliphatic heterocycles. The number of methoxy groups -OCH3 is 1. The summed E-state index contributed by atoms with van der Waals surface area (Å²) in [6.45, 7) is 4.52. The minimum Gasteiger partial charge on any atom is -0.385 e. The van der Waals surface area contributed by atoms with Gasteiger partial charge in [0.1, 0.15) is 0 Å². The first-order valence-corrected chi connectivity index (χ1v) is 4.97. The largest absolute Gasteiger partial charge is 0.385 e. The summed E-state index contributed by atoms with van der Waals surface area (Å²) < 4.78 is 10.3. The van der Waals surface area contributed by atoms with Crippen LogP contribution in [-0.4, -0.2) is 32.8 Å². The Kier molecular flexibility index (Phi) is 9.46. The van der Waals surface area contributed by atoms with E-state index < -0.39 is 0 Å². The highest BCUT2D eigenvalue weighted by molar-refractivity contribution is 6.18. The summed E-state index contributed by atoms with van der Waals surface area (Å²) in [5, 5.41) is 0. The fourth-order valence-electron chi connectivity index (χ4n) is 0.769. The van der Waals surface area contributed by atoms with Gasteiger partial charge in [-0.25, -0.2) is 0 Å². The molecule has 0 aliphatic carbocycles. The third-order valence-electron chi connectivity index (χ3n) is 1.66. The summed E-state index contributed by atoms with van der Waals surface area (Å²) >= 11 is 5.64. The number of halogens is 1. The van der Waals surface area contributed by atoms with Crippen molar-refractivity contribution in [3.63, 3.8) is 0 Å². The van der Waals surface area contributed by atoms with Crippen LogP contribution in [0.1, 0.15) is 19.8 Å². The Hall–Kier alpha value is 0.210. The quantitative estimate of drug-likeness (QED) is 0.436. The molecule has 1 atom stereocenters. The van der Waals surface area contributed by atoms with Gasteiger partial charge in [0.2, 0.25) is 0 Å². The van der Waals surface area contributed by atoms with E-state index in [0.717, 1.165) is 38.5 Å². The van der Waals surface area contributed by atoms with Crippen molar-refractivity contribution in [2.75, 3.05) is 32.8 Å². The maximum atomic E-state index is 5.64. The molecule has 1 unspecified atom stereocenters. The van der Waals surface area contributed by atoms with Crippen molar-refractivity contribution in [3.05, 3.63) is 0 Å². The van der Waals surface area contributed by atoms with Gasteiger partial charge in [0.25, 0.3) is 0 Å². The van der Waals surface area contributed by atoms with Crippen molar-refractivity contribution < 1.29 is 9.47 Å². The van der Waals surface area contributed by atoms with Gasteiger partial charge in [0.05, 0.1) is 0 Å². The van der Waals surface area contributed by atoms with Gasteiger partial charge >= 0.3 is 0 Å². The van der Waals surface area contributed by atoms with E-state index in [1.54, 1.807) is 7.11 Å². The first kappa shape index (κ1) is 12.2. The normalized spacial score (nSPS) is 13.2. The van der Waals surface area contributed by atoms with Crippen LogP contribution in [0.25, 0.3) is 0 Å². The van der Waals surface area contributed by atoms with E-state index in [1.807, 2.05) is 0 Å². The Labute approximate surface area is 80.2 Å². The zero-order chi connectivity index (χ0) is 9.23. The molecule has 0 amide bonds. The molecule has 0 N–H and O–H groups in total. The standard InChI is InChI=1S/C9H19ClO2/c1-9(8-10)4-7-12-6-3-5-11-2/h9H,3-8H2,1-2H3. The molecular weight excluding hydrogens is 176 g/mol. The molecule has 74 valence electrons. The van der Waals surface area contributed by atoms with Crippen molar-refractivity contribution in [1.82, 2.24) is 0 Å². The predicted octanol–water partition coefficient (Wildman–Crippen LogP) is 2.30. The second kappa shape index (κ2) is 9.30. The third-order valence-corrected chi connectivity index (χ3v) is 2.18. The molecule has 0 aromatic rings. The Morgan fingerprint density at radius 1 is 1.25 bits per heavy atom. The molecule has 0 bridgehead atoms. The zero-order valence-corrected chi connectivity index (χ0v) is 8.77. The molecule has 0 aromatic heterocycles. The molecule has 0 fully saturated rings. The highest BCUT2D eigenvalue weighted by Gasteiger charge is 1.98. The van der Waals surface area contributed by atoms with E-state index in [2.05, 4.69) is 6.92 Å². The summed E-state index contributed by atoms with van der Waals surface area (Å²) in [7, 11) is 1.70. The van der Waals surface area contributed by atoms with Crippen LogP contribution in [0.15, 0.2) is 0 Å². The number of hydrogen-bond acceptors (Lipinski definition) is 2. The van der Waals surface area contributed by atoms with E-state index in [0.29, 0.717) is 5.92 Å². The lowest BCUT2D eigenvalue weighted by molar-refractivity contribution is 0.0962. The van der Waals surface area contributed by atoms with Crippen LogP contribution in [0, 0.1) is 5.92 Å². The van der Waals surface area contributed by atoms with Gasteiger partial charge in [-0.2, -0.15) is 0 Å². The second-order valence-electron chi connectivity index (χ2n) is 3.01. The summed E-state index contributed by atoms with van der Waals surface area (Å²) in [6, 6.07) is 0. The van der Waals surface area contributed by atoms with Crippen LogP contribution in [0.4, 0.5) is 0 Å². The van der Waals surface area contributed by atoms with Crippen LogP contribution in [0.3, 0.4) is 0 Å². The molecule has 3 heteroatoms. The van der Waals surface area contributed by atoms with E-state index in [9.17, 15) is 0 Å². The third kappa shape index (κ3) is 8.31. The Morgan fingerprint density at radius 3 is 2.58 bits per heavy atom. The monoisotopic (exact) mass is 194 g/mol. The average molecular weight is 195 g/mol. The van der Waals surface area contributed by atoms with E-state index in [-0.39, 0.29) is 0 Å². The second-order valence-corrected chi connectivity index (χ2v) is 3.32. The highest BCUT2D eigenvalue weighted by atomic mass is 35.5. The molecule has 12 heavy (non-hydrogen) atoms. The van der Waals surface area contributed by atoms with Gasteiger partial charge in [-0.1, -0.05) is 6.92 Å². The summed E-state index contributed by atoms with van der Waals surface area (Å²) in [6.07, 6.45) is 2.03. The smallest absolute Gasteiger partial charge is 0.0487 e. The van der Waals surface area contributed by atoms with Crippen LogP contribution < -0.4 is 0 Å². The Balaban J connectivity index is 2.90. The molecular formula is C9H19ClO2. The van der Waals surface area contributed by atoms with E-state index >= 15 is 0 Å². The first-order chi connectivity index (χ1) is 5.81. The van der Waals surface area contributed by atoms with Crippen molar-refractivity contribution >= 4 is 11.6 Å². The van der Waals surface area contributed by atoms with Gasteiger partial charge in [-0.15, -0.1) is 11.6 Å². The fourth-order valence-corrected chi connectivity index (χ4v) is 0.923. The molecule has 0 saturated heterocycles. The van der Waals surface area contributed by atoms with Gasteiger partial charge in [0.15, 0.2) is 0 Å². The van der Waals surface area contributed by atoms with Gasteiger partial charge < -0.3 is 9.47 Å². The number of rotatable bonds is 8. The SMILES string of the molecule is COCCCOCCC(C)CCl. The lowest BCUT2D eigenvalue weighted by atomic mass is 10.1. The molecule has 0 rings (SSSR count). The topological polar surface area (TPSA) is 18.5 Å². The highest BCUT2D eigenvalue weighted by Crippen LogP contribution is 2.03. The molecule has 0 spiro atoms. The van der Waals surface area contributed by atoms with Crippen LogP contribution >= 0.6 is 11.6 Å². The maximum Gasteiger partial charge on any atom is 0.0487 e. The van der Waals surface area contributed by atoms with Crippen molar-refractivity contribution in [2.45, 2.75) is 19.8 Å². The van der Waals surface area contributed by atoms with Crippen molar-refractivity contribution in [2.24, 2.45) is 5.92 Å². The average Bonchev–Trinajstić information content (AvgIpc) is 2.10. The lowest BCUT2D eigenvalue weighted by Gasteiger charge is -2.07. The lowest BCUT2D eigenvalue weighted by Crippen LogP contribution is -2.05. The summed E-state index contributed by atoms with van der Waals surface area (Å²) in [4.78, 5) is 0. The molecule has 0 heterocycles. The summed E-state index contributed by atoms with van der Waals surface area (Å²) in [5.74, 6) is 1.29. The van der Waals surface area contributed by atoms with E-state index in [4.69, 9.17) is 21.1 Å². The molecule has 2 nitrogen and oxygen atoms in total. The molecule has 0 aromatic carbocycles. The minimum atomic E-state index is 0.564. The Bertz CT molecular complexity index is 88.6. The van der Waals surface area contributed by atoms with Gasteiger partial charge in [0, 0.05) is 32.8 Å².